The fourth-order valence-corrected chi connectivity index (χ4v) is 2.98. The molecule has 1 aliphatic carbocycles. The molecule has 1 fully saturated rings. The fraction of sp³-hybridized carbons (Fsp3) is 0.333. The van der Waals surface area contributed by atoms with Crippen molar-refractivity contribution in [1.29, 1.82) is 0 Å². The molecule has 1 aromatic carbocycles. The molecule has 78 valence electrons. The zero-order chi connectivity index (χ0) is 10.5. The molecule has 15 heavy (non-hydrogen) atoms. The van der Waals surface area contributed by atoms with E-state index in [1.165, 1.54) is 0 Å². The Hall–Kier alpha value is -1.06. The van der Waals surface area contributed by atoms with Crippen LogP contribution in [0.3, 0.4) is 0 Å². The van der Waals surface area contributed by atoms with Gasteiger partial charge in [-0.2, -0.15) is 0 Å². The van der Waals surface area contributed by atoms with Gasteiger partial charge in [-0.05, 0) is 30.4 Å². The number of phenolic OH excluding ortho intramolecular Hbond substituents is 1. The molecule has 2 aromatic rings. The number of rotatable bonds is 2. The molecule has 0 spiro atoms. The van der Waals surface area contributed by atoms with Gasteiger partial charge in [0.2, 0.25) is 0 Å². The smallest absolute Gasteiger partial charge is 0.128 e. The van der Waals surface area contributed by atoms with Crippen molar-refractivity contribution >= 4 is 21.4 Å². The van der Waals surface area contributed by atoms with Crippen LogP contribution >= 0.6 is 11.3 Å². The number of fused-ring (bicyclic) bond motifs is 1. The number of thiophene rings is 1. The summed E-state index contributed by atoms with van der Waals surface area (Å²) < 4.78 is 1.14. The Balaban J connectivity index is 2.23. The van der Waals surface area contributed by atoms with Crippen LogP contribution in [-0.2, 0) is 5.41 Å². The third-order valence-corrected chi connectivity index (χ3v) is 4.30. The van der Waals surface area contributed by atoms with Gasteiger partial charge >= 0.3 is 0 Å². The van der Waals surface area contributed by atoms with Gasteiger partial charge in [0.25, 0.3) is 0 Å². The lowest BCUT2D eigenvalue weighted by molar-refractivity contribution is 0.465. The molecule has 3 rings (SSSR count). The van der Waals surface area contributed by atoms with E-state index in [2.05, 4.69) is 6.07 Å². The maximum absolute atomic E-state index is 10.2. The Bertz CT molecular complexity index is 513. The summed E-state index contributed by atoms with van der Waals surface area (Å²) in [7, 11) is 0. The molecule has 3 N–H and O–H groups in total. The van der Waals surface area contributed by atoms with E-state index in [-0.39, 0.29) is 5.41 Å². The van der Waals surface area contributed by atoms with Gasteiger partial charge in [-0.25, -0.2) is 0 Å². The first-order chi connectivity index (χ1) is 7.27. The highest BCUT2D eigenvalue weighted by Crippen LogP contribution is 2.51. The molecule has 0 unspecified atom stereocenters. The van der Waals surface area contributed by atoms with Crippen LogP contribution in [0.4, 0.5) is 0 Å². The normalized spacial score (nSPS) is 18.2. The molecule has 2 nitrogen and oxygen atoms in total. The maximum atomic E-state index is 10.2. The highest BCUT2D eigenvalue weighted by atomic mass is 32.1. The molecular weight excluding hydrogens is 206 g/mol. The summed E-state index contributed by atoms with van der Waals surface area (Å²) in [6, 6.07) is 6.10. The Morgan fingerprint density at radius 3 is 2.80 bits per heavy atom. The molecule has 1 saturated carbocycles. The van der Waals surface area contributed by atoms with Gasteiger partial charge in [-0.15, -0.1) is 11.3 Å². The molecule has 0 aliphatic heterocycles. The third-order valence-electron chi connectivity index (χ3n) is 3.42. The lowest BCUT2D eigenvalue weighted by atomic mass is 9.94. The fourth-order valence-electron chi connectivity index (χ4n) is 2.19. The van der Waals surface area contributed by atoms with Crippen LogP contribution in [0, 0.1) is 0 Å². The van der Waals surface area contributed by atoms with E-state index in [4.69, 9.17) is 5.73 Å². The summed E-state index contributed by atoms with van der Waals surface area (Å²) in [4.78, 5) is 0. The summed E-state index contributed by atoms with van der Waals surface area (Å²) in [5, 5.41) is 13.2. The number of phenols is 1. The highest BCUT2D eigenvalue weighted by Gasteiger charge is 2.44. The average Bonchev–Trinajstić information content (AvgIpc) is 2.89. The molecular formula is C12H13NOS. The first kappa shape index (κ1) is 9.19. The second-order valence-corrected chi connectivity index (χ2v) is 5.23. The van der Waals surface area contributed by atoms with Crippen LogP contribution in [-0.4, -0.2) is 11.7 Å². The Morgan fingerprint density at radius 1 is 1.33 bits per heavy atom. The van der Waals surface area contributed by atoms with Crippen molar-refractivity contribution in [1.82, 2.24) is 0 Å². The quantitative estimate of drug-likeness (QED) is 0.815. The molecule has 0 radical (unpaired) electrons. The molecule has 0 bridgehead atoms. The summed E-state index contributed by atoms with van der Waals surface area (Å²) >= 11 is 1.66. The summed E-state index contributed by atoms with van der Waals surface area (Å²) in [6.07, 6.45) is 2.21. The topological polar surface area (TPSA) is 46.2 Å². The molecule has 0 atom stereocenters. The molecule has 1 aliphatic rings. The largest absolute Gasteiger partial charge is 0.507 e. The van der Waals surface area contributed by atoms with Gasteiger partial charge in [0.15, 0.2) is 0 Å². The van der Waals surface area contributed by atoms with Gasteiger partial charge in [0.05, 0.1) is 0 Å². The second kappa shape index (κ2) is 2.97. The number of hydrogen-bond donors (Lipinski definition) is 2. The second-order valence-electron chi connectivity index (χ2n) is 4.28. The zero-order valence-corrected chi connectivity index (χ0v) is 9.18. The van der Waals surface area contributed by atoms with Crippen LogP contribution in [0.2, 0.25) is 0 Å². The molecule has 0 saturated heterocycles. The van der Waals surface area contributed by atoms with Crippen molar-refractivity contribution < 1.29 is 5.11 Å². The van der Waals surface area contributed by atoms with E-state index in [1.54, 1.807) is 11.3 Å². The van der Waals surface area contributed by atoms with Crippen molar-refractivity contribution in [3.8, 4) is 5.75 Å². The van der Waals surface area contributed by atoms with Gasteiger partial charge in [0.1, 0.15) is 5.75 Å². The van der Waals surface area contributed by atoms with E-state index in [9.17, 15) is 5.11 Å². The number of aromatic hydroxyl groups is 1. The van der Waals surface area contributed by atoms with Gasteiger partial charge in [-0.3, -0.25) is 0 Å². The van der Waals surface area contributed by atoms with Crippen LogP contribution in [0.5, 0.6) is 5.75 Å². The SMILES string of the molecule is NCC1(c2ccc3sccc3c2O)CC1. The standard InChI is InChI=1S/C12H13NOS/c13-7-12(4-5-12)9-1-2-10-8(11(9)14)3-6-15-10/h1-3,6,14H,4-5,7,13H2. The Labute approximate surface area is 92.3 Å². The van der Waals surface area contributed by atoms with Crippen LogP contribution in [0.25, 0.3) is 10.1 Å². The van der Waals surface area contributed by atoms with Crippen molar-refractivity contribution in [2.75, 3.05) is 6.54 Å². The summed E-state index contributed by atoms with van der Waals surface area (Å²) in [5.74, 6) is 0.441. The minimum Gasteiger partial charge on any atom is -0.507 e. The van der Waals surface area contributed by atoms with Crippen molar-refractivity contribution in [2.24, 2.45) is 5.73 Å². The average molecular weight is 219 g/mol. The highest BCUT2D eigenvalue weighted by molar-refractivity contribution is 7.17. The van der Waals surface area contributed by atoms with Crippen molar-refractivity contribution in [3.05, 3.63) is 29.1 Å². The van der Waals surface area contributed by atoms with E-state index in [0.29, 0.717) is 12.3 Å². The minimum absolute atomic E-state index is 0.0697. The zero-order valence-electron chi connectivity index (χ0n) is 8.36. The van der Waals surface area contributed by atoms with Crippen molar-refractivity contribution in [3.63, 3.8) is 0 Å². The van der Waals surface area contributed by atoms with Crippen LogP contribution < -0.4 is 5.73 Å². The molecule has 1 aromatic heterocycles. The van der Waals surface area contributed by atoms with E-state index in [1.807, 2.05) is 17.5 Å². The lowest BCUT2D eigenvalue weighted by Gasteiger charge is -2.14. The van der Waals surface area contributed by atoms with Gasteiger partial charge in [0, 0.05) is 27.6 Å². The Morgan fingerprint density at radius 2 is 2.13 bits per heavy atom. The van der Waals surface area contributed by atoms with Gasteiger partial charge in [-0.1, -0.05) is 6.07 Å². The predicted molar refractivity (Wildman–Crippen MR) is 63.5 cm³/mol. The monoisotopic (exact) mass is 219 g/mol. The predicted octanol–water partition coefficient (Wildman–Crippen LogP) is 2.60. The summed E-state index contributed by atoms with van der Waals surface area (Å²) in [5.41, 5.74) is 6.89. The number of hydrogen-bond acceptors (Lipinski definition) is 3. The first-order valence-corrected chi connectivity index (χ1v) is 6.04. The van der Waals surface area contributed by atoms with Crippen LogP contribution in [0.1, 0.15) is 18.4 Å². The third kappa shape index (κ3) is 1.20. The van der Waals surface area contributed by atoms with E-state index in [0.717, 1.165) is 28.5 Å². The molecule has 3 heteroatoms. The maximum Gasteiger partial charge on any atom is 0.128 e. The van der Waals surface area contributed by atoms with Crippen LogP contribution in [0.15, 0.2) is 23.6 Å². The molecule has 0 amide bonds. The lowest BCUT2D eigenvalue weighted by Crippen LogP contribution is -2.19. The van der Waals surface area contributed by atoms with E-state index >= 15 is 0 Å². The number of nitrogens with two attached hydrogens (primary N) is 1. The van der Waals surface area contributed by atoms with E-state index < -0.39 is 0 Å². The Kier molecular flexibility index (Phi) is 1.82. The first-order valence-electron chi connectivity index (χ1n) is 5.17. The molecule has 1 heterocycles. The minimum atomic E-state index is 0.0697. The van der Waals surface area contributed by atoms with Crippen molar-refractivity contribution in [2.45, 2.75) is 18.3 Å². The van der Waals surface area contributed by atoms with Gasteiger partial charge < -0.3 is 10.8 Å². The number of benzene rings is 1. The summed E-state index contributed by atoms with van der Waals surface area (Å²) in [6.45, 7) is 0.635.